The number of nitrogens with one attached hydrogen (secondary N) is 2. The number of hydrogen-bond donors (Lipinski definition) is 2. The molecule has 1 fully saturated rings. The second-order valence-electron chi connectivity index (χ2n) is 6.28. The summed E-state index contributed by atoms with van der Waals surface area (Å²) in [7, 11) is 4.67. The average Bonchev–Trinajstić information content (AvgIpc) is 3.22. The zero-order valence-electron chi connectivity index (χ0n) is 16.8. The van der Waals surface area contributed by atoms with Crippen molar-refractivity contribution >= 4 is 28.1 Å². The third-order valence-corrected chi connectivity index (χ3v) is 5.37. The van der Waals surface area contributed by atoms with E-state index < -0.39 is 0 Å². The number of nitrogens with zero attached hydrogens (tertiary/aromatic N) is 2. The van der Waals surface area contributed by atoms with Crippen LogP contribution >= 0.6 is 11.3 Å². The van der Waals surface area contributed by atoms with Crippen LogP contribution in [0.4, 0.5) is 10.8 Å². The van der Waals surface area contributed by atoms with Crippen LogP contribution in [0.3, 0.4) is 0 Å². The van der Waals surface area contributed by atoms with Gasteiger partial charge < -0.3 is 29.6 Å². The van der Waals surface area contributed by atoms with Gasteiger partial charge >= 0.3 is 0 Å². The standard InChI is InChI=1S/C19H26N4O5S/c1-25-14-10-13(11-15(26-2)17(14)27-3)22-19-21-12-16(29-19)18(24)20-4-5-23-6-8-28-9-7-23/h10-12H,4-9H2,1-3H3,(H,20,24)(H,21,22). The van der Waals surface area contributed by atoms with E-state index in [1.165, 1.54) is 11.3 Å². The van der Waals surface area contributed by atoms with Gasteiger partial charge in [-0.2, -0.15) is 0 Å². The van der Waals surface area contributed by atoms with E-state index in [9.17, 15) is 4.79 Å². The van der Waals surface area contributed by atoms with Crippen molar-refractivity contribution < 1.29 is 23.7 Å². The molecule has 9 nitrogen and oxygen atoms in total. The molecule has 0 radical (unpaired) electrons. The second-order valence-corrected chi connectivity index (χ2v) is 7.31. The summed E-state index contributed by atoms with van der Waals surface area (Å²) < 4.78 is 21.4. The summed E-state index contributed by atoms with van der Waals surface area (Å²) in [4.78, 5) is 19.5. The summed E-state index contributed by atoms with van der Waals surface area (Å²) in [6.45, 7) is 4.70. The molecule has 1 aromatic heterocycles. The molecule has 1 aliphatic rings. The van der Waals surface area contributed by atoms with Crippen molar-refractivity contribution in [1.29, 1.82) is 0 Å². The average molecular weight is 423 g/mol. The highest BCUT2D eigenvalue weighted by atomic mass is 32.1. The molecule has 1 amide bonds. The van der Waals surface area contributed by atoms with Gasteiger partial charge in [0.1, 0.15) is 4.88 Å². The monoisotopic (exact) mass is 422 g/mol. The van der Waals surface area contributed by atoms with Crippen molar-refractivity contribution in [2.24, 2.45) is 0 Å². The molecule has 0 spiro atoms. The predicted molar refractivity (Wildman–Crippen MR) is 111 cm³/mol. The van der Waals surface area contributed by atoms with Crippen molar-refractivity contribution in [3.8, 4) is 17.2 Å². The summed E-state index contributed by atoms with van der Waals surface area (Å²) in [6.07, 6.45) is 1.56. The van der Waals surface area contributed by atoms with E-state index >= 15 is 0 Å². The number of morpholine rings is 1. The van der Waals surface area contributed by atoms with E-state index in [4.69, 9.17) is 18.9 Å². The van der Waals surface area contributed by atoms with Gasteiger partial charge in [-0.3, -0.25) is 9.69 Å². The second kappa shape index (κ2) is 10.3. The summed E-state index contributed by atoms with van der Waals surface area (Å²) in [5.74, 6) is 1.45. The molecule has 1 aliphatic heterocycles. The molecule has 10 heteroatoms. The van der Waals surface area contributed by atoms with E-state index in [1.807, 2.05) is 0 Å². The normalized spacial score (nSPS) is 14.3. The SMILES string of the molecule is COc1cc(Nc2ncc(C(=O)NCCN3CCOCC3)s2)cc(OC)c1OC. The lowest BCUT2D eigenvalue weighted by molar-refractivity contribution is 0.0383. The smallest absolute Gasteiger partial charge is 0.263 e. The maximum absolute atomic E-state index is 12.4. The number of carbonyl (C=O) groups is 1. The van der Waals surface area contributed by atoms with Crippen molar-refractivity contribution in [3.63, 3.8) is 0 Å². The first-order chi connectivity index (χ1) is 14.1. The van der Waals surface area contributed by atoms with Gasteiger partial charge in [-0.15, -0.1) is 0 Å². The van der Waals surface area contributed by atoms with Crippen LogP contribution in [-0.2, 0) is 4.74 Å². The fourth-order valence-electron chi connectivity index (χ4n) is 2.95. The van der Waals surface area contributed by atoms with Crippen LogP contribution in [0.25, 0.3) is 0 Å². The van der Waals surface area contributed by atoms with E-state index in [1.54, 1.807) is 39.7 Å². The van der Waals surface area contributed by atoms with Gasteiger partial charge in [0.2, 0.25) is 5.75 Å². The van der Waals surface area contributed by atoms with Crippen LogP contribution in [0.5, 0.6) is 17.2 Å². The van der Waals surface area contributed by atoms with Crippen LogP contribution < -0.4 is 24.8 Å². The minimum absolute atomic E-state index is 0.131. The third-order valence-electron chi connectivity index (χ3n) is 4.46. The number of hydrogen-bond acceptors (Lipinski definition) is 9. The molecule has 1 aromatic carbocycles. The highest BCUT2D eigenvalue weighted by molar-refractivity contribution is 7.17. The maximum atomic E-state index is 12.4. The Hall–Kier alpha value is -2.56. The number of ether oxygens (including phenoxy) is 4. The van der Waals surface area contributed by atoms with Crippen molar-refractivity contribution in [1.82, 2.24) is 15.2 Å². The number of aromatic nitrogens is 1. The minimum Gasteiger partial charge on any atom is -0.493 e. The molecular formula is C19H26N4O5S. The zero-order valence-corrected chi connectivity index (χ0v) is 17.6. The van der Waals surface area contributed by atoms with Gasteiger partial charge in [0.05, 0.1) is 40.7 Å². The van der Waals surface area contributed by atoms with E-state index in [-0.39, 0.29) is 5.91 Å². The highest BCUT2D eigenvalue weighted by Gasteiger charge is 2.16. The Kier molecular flexibility index (Phi) is 7.50. The number of amides is 1. The molecule has 3 rings (SSSR count). The van der Waals surface area contributed by atoms with Crippen LogP contribution in [0.1, 0.15) is 9.67 Å². The number of methoxy groups -OCH3 is 3. The topological polar surface area (TPSA) is 94.2 Å². The quantitative estimate of drug-likeness (QED) is 0.634. The van der Waals surface area contributed by atoms with Crippen LogP contribution in [0.15, 0.2) is 18.3 Å². The molecule has 2 N–H and O–H groups in total. The van der Waals surface area contributed by atoms with Gasteiger partial charge in [0.15, 0.2) is 16.6 Å². The van der Waals surface area contributed by atoms with Gasteiger partial charge in [0.25, 0.3) is 5.91 Å². The first kappa shape index (κ1) is 21.2. The lowest BCUT2D eigenvalue weighted by atomic mass is 10.2. The summed E-state index contributed by atoms with van der Waals surface area (Å²) >= 11 is 1.28. The fourth-order valence-corrected chi connectivity index (χ4v) is 3.71. The van der Waals surface area contributed by atoms with Gasteiger partial charge in [0, 0.05) is 44.0 Å². The molecule has 2 heterocycles. The van der Waals surface area contributed by atoms with Crippen LogP contribution in [-0.4, -0.2) is 76.5 Å². The maximum Gasteiger partial charge on any atom is 0.263 e. The summed E-state index contributed by atoms with van der Waals surface area (Å²) in [5.41, 5.74) is 0.716. The fraction of sp³-hybridized carbons (Fsp3) is 0.474. The van der Waals surface area contributed by atoms with Crippen LogP contribution in [0, 0.1) is 0 Å². The Morgan fingerprint density at radius 3 is 2.48 bits per heavy atom. The molecule has 2 aromatic rings. The molecular weight excluding hydrogens is 396 g/mol. The van der Waals surface area contributed by atoms with E-state index in [2.05, 4.69) is 20.5 Å². The Labute approximate surface area is 173 Å². The zero-order chi connectivity index (χ0) is 20.6. The van der Waals surface area contributed by atoms with E-state index in [0.29, 0.717) is 39.5 Å². The number of anilines is 2. The lowest BCUT2D eigenvalue weighted by Gasteiger charge is -2.26. The first-order valence-corrected chi connectivity index (χ1v) is 10.1. The molecule has 29 heavy (non-hydrogen) atoms. The predicted octanol–water partition coefficient (Wildman–Crippen LogP) is 1.97. The number of benzene rings is 1. The molecule has 0 bridgehead atoms. The third kappa shape index (κ3) is 5.49. The Morgan fingerprint density at radius 2 is 1.86 bits per heavy atom. The van der Waals surface area contributed by atoms with E-state index in [0.717, 1.165) is 32.8 Å². The lowest BCUT2D eigenvalue weighted by Crippen LogP contribution is -2.41. The first-order valence-electron chi connectivity index (χ1n) is 9.25. The van der Waals surface area contributed by atoms with Crippen molar-refractivity contribution in [2.45, 2.75) is 0 Å². The Balaban J connectivity index is 1.59. The number of rotatable bonds is 9. The highest BCUT2D eigenvalue weighted by Crippen LogP contribution is 2.40. The van der Waals surface area contributed by atoms with Crippen molar-refractivity contribution in [3.05, 3.63) is 23.2 Å². The number of thiazole rings is 1. The molecule has 158 valence electrons. The Morgan fingerprint density at radius 1 is 1.17 bits per heavy atom. The van der Waals surface area contributed by atoms with Crippen LogP contribution in [0.2, 0.25) is 0 Å². The largest absolute Gasteiger partial charge is 0.493 e. The Bertz CT molecular complexity index is 798. The van der Waals surface area contributed by atoms with Gasteiger partial charge in [-0.1, -0.05) is 11.3 Å². The number of carbonyl (C=O) groups excluding carboxylic acids is 1. The summed E-state index contributed by atoms with van der Waals surface area (Å²) in [5, 5.41) is 6.71. The van der Waals surface area contributed by atoms with Gasteiger partial charge in [-0.25, -0.2) is 4.98 Å². The molecule has 0 unspecified atom stereocenters. The minimum atomic E-state index is -0.131. The molecule has 1 saturated heterocycles. The summed E-state index contributed by atoms with van der Waals surface area (Å²) in [6, 6.07) is 3.57. The molecule has 0 aliphatic carbocycles. The van der Waals surface area contributed by atoms with Gasteiger partial charge in [-0.05, 0) is 0 Å². The van der Waals surface area contributed by atoms with Crippen molar-refractivity contribution in [2.75, 3.05) is 66.0 Å². The molecule has 0 atom stereocenters. The molecule has 0 saturated carbocycles.